The molecular formula is C22H14ClNO4. The molecule has 2 amide bonds. The molecule has 1 aliphatic heterocycles. The second-order valence-corrected chi connectivity index (χ2v) is 6.68. The predicted molar refractivity (Wildman–Crippen MR) is 105 cm³/mol. The number of anilines is 1. The quantitative estimate of drug-likeness (QED) is 0.485. The van der Waals surface area contributed by atoms with Gasteiger partial charge in [-0.2, -0.15) is 0 Å². The topological polar surface area (TPSA) is 63.7 Å². The number of rotatable bonds is 4. The first kappa shape index (κ1) is 17.9. The van der Waals surface area contributed by atoms with Crippen molar-refractivity contribution in [1.82, 2.24) is 0 Å². The highest BCUT2D eigenvalue weighted by Gasteiger charge is 2.37. The van der Waals surface area contributed by atoms with Crippen LogP contribution in [0.2, 0.25) is 5.02 Å². The second kappa shape index (κ2) is 7.29. The van der Waals surface area contributed by atoms with Gasteiger partial charge in [0.15, 0.2) is 0 Å². The van der Waals surface area contributed by atoms with Gasteiger partial charge in [-0.1, -0.05) is 48.0 Å². The van der Waals surface area contributed by atoms with Crippen LogP contribution in [0.1, 0.15) is 36.6 Å². The zero-order chi connectivity index (χ0) is 19.7. The summed E-state index contributed by atoms with van der Waals surface area (Å²) in [5, 5.41) is 0.416. The minimum absolute atomic E-state index is 0.123. The number of hydrogen-bond acceptors (Lipinski definition) is 4. The van der Waals surface area contributed by atoms with Crippen LogP contribution >= 0.6 is 11.6 Å². The van der Waals surface area contributed by atoms with Gasteiger partial charge in [-0.3, -0.25) is 9.59 Å². The molecule has 3 aromatic rings. The number of imide groups is 1. The molecule has 6 heteroatoms. The van der Waals surface area contributed by atoms with Crippen molar-refractivity contribution in [2.75, 3.05) is 4.90 Å². The molecular weight excluding hydrogens is 378 g/mol. The van der Waals surface area contributed by atoms with Gasteiger partial charge >= 0.3 is 5.97 Å². The van der Waals surface area contributed by atoms with Gasteiger partial charge in [0.25, 0.3) is 11.8 Å². The van der Waals surface area contributed by atoms with E-state index in [2.05, 4.69) is 0 Å². The Bertz CT molecular complexity index is 1090. The van der Waals surface area contributed by atoms with Crippen LogP contribution in [0, 0.1) is 0 Å². The number of fused-ring (bicyclic) bond motifs is 1. The third-order valence-corrected chi connectivity index (χ3v) is 4.64. The van der Waals surface area contributed by atoms with Crippen molar-refractivity contribution in [1.29, 1.82) is 0 Å². The summed E-state index contributed by atoms with van der Waals surface area (Å²) in [7, 11) is 0. The third kappa shape index (κ3) is 3.28. The molecule has 0 saturated heterocycles. The zero-order valence-electron chi connectivity index (χ0n) is 14.6. The van der Waals surface area contributed by atoms with Gasteiger partial charge in [-0.15, -0.1) is 0 Å². The number of carbonyl (C=O) groups excluding carboxylic acids is 3. The van der Waals surface area contributed by atoms with E-state index in [0.29, 0.717) is 10.7 Å². The Balaban J connectivity index is 1.57. The third-order valence-electron chi connectivity index (χ3n) is 4.40. The molecule has 1 aliphatic rings. The summed E-state index contributed by atoms with van der Waals surface area (Å²) in [6, 6.07) is 20.1. The minimum Gasteiger partial charge on any atom is -0.457 e. The maximum Gasteiger partial charge on any atom is 0.338 e. The molecule has 0 radical (unpaired) electrons. The smallest absolute Gasteiger partial charge is 0.338 e. The lowest BCUT2D eigenvalue weighted by Crippen LogP contribution is -2.29. The molecule has 5 nitrogen and oxygen atoms in total. The minimum atomic E-state index is -0.562. The van der Waals surface area contributed by atoms with Crippen LogP contribution in [0.3, 0.4) is 0 Å². The van der Waals surface area contributed by atoms with Gasteiger partial charge in [0.05, 0.1) is 22.4 Å². The number of halogens is 1. The molecule has 4 rings (SSSR count). The molecule has 0 aromatic heterocycles. The fourth-order valence-electron chi connectivity index (χ4n) is 3.02. The highest BCUT2D eigenvalue weighted by molar-refractivity contribution is 6.35. The lowest BCUT2D eigenvalue weighted by molar-refractivity contribution is 0.0472. The number of ether oxygens (including phenoxy) is 1. The first-order valence-corrected chi connectivity index (χ1v) is 8.92. The Morgan fingerprint density at radius 1 is 0.857 bits per heavy atom. The normalized spacial score (nSPS) is 12.8. The molecule has 0 bridgehead atoms. The van der Waals surface area contributed by atoms with Gasteiger partial charge < -0.3 is 4.74 Å². The Kier molecular flexibility index (Phi) is 4.67. The van der Waals surface area contributed by atoms with Crippen molar-refractivity contribution in [2.24, 2.45) is 0 Å². The van der Waals surface area contributed by atoms with E-state index >= 15 is 0 Å². The van der Waals surface area contributed by atoms with E-state index in [9.17, 15) is 14.4 Å². The predicted octanol–water partition coefficient (Wildman–Crippen LogP) is 4.50. The van der Waals surface area contributed by atoms with E-state index in [-0.39, 0.29) is 23.3 Å². The number of esters is 1. The highest BCUT2D eigenvalue weighted by Crippen LogP contribution is 2.30. The summed E-state index contributed by atoms with van der Waals surface area (Å²) in [4.78, 5) is 38.8. The molecule has 0 spiro atoms. The molecule has 138 valence electrons. The van der Waals surface area contributed by atoms with Crippen LogP contribution in [-0.4, -0.2) is 17.8 Å². The van der Waals surface area contributed by atoms with E-state index in [4.69, 9.17) is 16.3 Å². The molecule has 3 aromatic carbocycles. The van der Waals surface area contributed by atoms with Crippen LogP contribution in [-0.2, 0) is 11.3 Å². The number of carbonyl (C=O) groups is 3. The maximum absolute atomic E-state index is 12.8. The number of hydrogen-bond donors (Lipinski definition) is 0. The van der Waals surface area contributed by atoms with E-state index in [0.717, 1.165) is 10.5 Å². The Morgan fingerprint density at radius 2 is 1.61 bits per heavy atom. The van der Waals surface area contributed by atoms with Crippen molar-refractivity contribution >= 4 is 35.1 Å². The van der Waals surface area contributed by atoms with Crippen LogP contribution in [0.4, 0.5) is 5.69 Å². The van der Waals surface area contributed by atoms with Crippen LogP contribution < -0.4 is 4.90 Å². The first-order valence-electron chi connectivity index (χ1n) is 8.54. The average Bonchev–Trinajstić information content (AvgIpc) is 2.97. The van der Waals surface area contributed by atoms with Gasteiger partial charge in [0.1, 0.15) is 6.61 Å². The van der Waals surface area contributed by atoms with Gasteiger partial charge in [0.2, 0.25) is 0 Å². The van der Waals surface area contributed by atoms with E-state index in [1.54, 1.807) is 18.2 Å². The Labute approximate surface area is 166 Å². The molecule has 0 saturated carbocycles. The molecule has 1 heterocycles. The molecule has 0 N–H and O–H groups in total. The molecule has 0 unspecified atom stereocenters. The molecule has 0 aliphatic carbocycles. The van der Waals surface area contributed by atoms with Gasteiger partial charge in [0, 0.05) is 5.02 Å². The molecule has 28 heavy (non-hydrogen) atoms. The fraction of sp³-hybridized carbons (Fsp3) is 0.0455. The summed E-state index contributed by atoms with van der Waals surface area (Å²) in [5.41, 5.74) is 1.86. The zero-order valence-corrected chi connectivity index (χ0v) is 15.3. The van der Waals surface area contributed by atoms with Crippen LogP contribution in [0.15, 0.2) is 72.8 Å². The van der Waals surface area contributed by atoms with E-state index < -0.39 is 17.8 Å². The van der Waals surface area contributed by atoms with Crippen molar-refractivity contribution in [3.63, 3.8) is 0 Å². The second-order valence-electron chi connectivity index (χ2n) is 6.25. The number of amides is 2. The van der Waals surface area contributed by atoms with Crippen molar-refractivity contribution in [3.05, 3.63) is 100 Å². The van der Waals surface area contributed by atoms with Crippen molar-refractivity contribution in [3.8, 4) is 0 Å². The Morgan fingerprint density at radius 3 is 2.36 bits per heavy atom. The van der Waals surface area contributed by atoms with Gasteiger partial charge in [-0.05, 0) is 42.0 Å². The fourth-order valence-corrected chi connectivity index (χ4v) is 3.21. The van der Waals surface area contributed by atoms with E-state index in [1.165, 1.54) is 24.3 Å². The standard InChI is InChI=1S/C22H14ClNO4/c23-16-7-4-8-17(12-16)24-20(25)18-10-9-15(11-19(18)21(24)26)22(27)28-13-14-5-2-1-3-6-14/h1-12H,13H2. The van der Waals surface area contributed by atoms with Crippen molar-refractivity contribution in [2.45, 2.75) is 6.61 Å². The maximum atomic E-state index is 12.8. The lowest BCUT2D eigenvalue weighted by Gasteiger charge is -2.13. The summed E-state index contributed by atoms with van der Waals surface area (Å²) >= 11 is 5.97. The van der Waals surface area contributed by atoms with Crippen LogP contribution in [0.25, 0.3) is 0 Å². The Hall–Kier alpha value is -3.44. The summed E-state index contributed by atoms with van der Waals surface area (Å²) in [6.45, 7) is 0.123. The number of benzene rings is 3. The molecule has 0 atom stereocenters. The van der Waals surface area contributed by atoms with E-state index in [1.807, 2.05) is 30.3 Å². The first-order chi connectivity index (χ1) is 13.5. The van der Waals surface area contributed by atoms with Gasteiger partial charge in [-0.25, -0.2) is 9.69 Å². The SMILES string of the molecule is O=C(OCc1ccccc1)c1ccc2c(c1)C(=O)N(c1cccc(Cl)c1)C2=O. The average molecular weight is 392 g/mol. The number of nitrogens with zero attached hydrogens (tertiary/aromatic N) is 1. The largest absolute Gasteiger partial charge is 0.457 e. The molecule has 0 fully saturated rings. The lowest BCUT2D eigenvalue weighted by atomic mass is 10.1. The van der Waals surface area contributed by atoms with Crippen molar-refractivity contribution < 1.29 is 19.1 Å². The monoisotopic (exact) mass is 391 g/mol. The van der Waals surface area contributed by atoms with Crippen LogP contribution in [0.5, 0.6) is 0 Å². The summed E-state index contributed by atoms with van der Waals surface area (Å²) < 4.78 is 5.30. The highest BCUT2D eigenvalue weighted by atomic mass is 35.5. The summed E-state index contributed by atoms with van der Waals surface area (Å²) in [5.74, 6) is -1.51. The summed E-state index contributed by atoms with van der Waals surface area (Å²) in [6.07, 6.45) is 0.